The van der Waals surface area contributed by atoms with Crippen molar-refractivity contribution >= 4 is 27.9 Å². The third kappa shape index (κ3) is 18.3. The van der Waals surface area contributed by atoms with Crippen LogP contribution in [0.3, 0.4) is 0 Å². The number of hydrogen-bond acceptors (Lipinski definition) is 2. The topological polar surface area (TPSA) is 17.1 Å². The Morgan fingerprint density at radius 3 is 1.40 bits per heavy atom. The molecule has 0 bridgehead atoms. The van der Waals surface area contributed by atoms with Gasteiger partial charge in [-0.1, -0.05) is 102 Å². The average Bonchev–Trinajstić information content (AvgIpc) is 2.43. The summed E-state index contributed by atoms with van der Waals surface area (Å²) in [5, 5.41) is 0. The van der Waals surface area contributed by atoms with Gasteiger partial charge in [0.05, 0.1) is 0 Å². The van der Waals surface area contributed by atoms with Crippen molar-refractivity contribution in [1.82, 2.24) is 0 Å². The van der Waals surface area contributed by atoms with Crippen molar-refractivity contribution in [3.63, 3.8) is 0 Å². The normalized spacial score (nSPS) is 10.9. The van der Waals surface area contributed by atoms with Crippen molar-refractivity contribution < 1.29 is 4.79 Å². The highest BCUT2D eigenvalue weighted by molar-refractivity contribution is 8.16. The maximum absolute atomic E-state index is 10.5. The monoisotopic (exact) mass is 320 g/mol. The molecule has 0 radical (unpaired) electrons. The Balaban J connectivity index is 2.94. The Morgan fingerprint density at radius 2 is 1.05 bits per heavy atom. The van der Waals surface area contributed by atoms with E-state index >= 15 is 0 Å². The standard InChI is InChI=1S/C17H33ClOS/c1-2-3-4-5-6-7-8-9-10-11-12-13-14-15-16-20-17(18)19/h2-16H2,1H3. The van der Waals surface area contributed by atoms with Crippen LogP contribution >= 0.6 is 23.4 Å². The predicted octanol–water partition coefficient (Wildman–Crippen LogP) is 7.56. The molecule has 0 saturated heterocycles. The zero-order valence-corrected chi connectivity index (χ0v) is 14.9. The highest BCUT2D eigenvalue weighted by atomic mass is 35.5. The van der Waals surface area contributed by atoms with Gasteiger partial charge in [0.15, 0.2) is 0 Å². The fourth-order valence-corrected chi connectivity index (χ4v) is 3.19. The molecule has 0 aromatic heterocycles. The van der Waals surface area contributed by atoms with Gasteiger partial charge in [0.1, 0.15) is 0 Å². The number of carbonyl (C=O) groups is 1. The number of rotatable bonds is 15. The zero-order chi connectivity index (χ0) is 14.9. The molecule has 0 aliphatic heterocycles. The Kier molecular flexibility index (Phi) is 17.6. The molecule has 0 rings (SSSR count). The number of thioether (sulfide) groups is 1. The van der Waals surface area contributed by atoms with Gasteiger partial charge in [-0.3, -0.25) is 4.79 Å². The van der Waals surface area contributed by atoms with Crippen molar-refractivity contribution in [1.29, 1.82) is 0 Å². The van der Waals surface area contributed by atoms with Gasteiger partial charge in [-0.2, -0.15) is 0 Å². The molecule has 0 aliphatic rings. The Hall–Kier alpha value is 0.310. The van der Waals surface area contributed by atoms with Gasteiger partial charge in [0, 0.05) is 5.75 Å². The summed E-state index contributed by atoms with van der Waals surface area (Å²) in [4.78, 5) is 10.5. The number of unbranched alkanes of at least 4 members (excludes halogenated alkanes) is 13. The van der Waals surface area contributed by atoms with Gasteiger partial charge < -0.3 is 0 Å². The van der Waals surface area contributed by atoms with E-state index in [2.05, 4.69) is 6.92 Å². The lowest BCUT2D eigenvalue weighted by atomic mass is 10.0. The van der Waals surface area contributed by atoms with Crippen molar-refractivity contribution in [3.8, 4) is 0 Å². The molecule has 0 fully saturated rings. The van der Waals surface area contributed by atoms with Crippen LogP contribution in [-0.2, 0) is 0 Å². The molecule has 1 nitrogen and oxygen atoms in total. The van der Waals surface area contributed by atoms with Crippen LogP contribution in [0.15, 0.2) is 0 Å². The van der Waals surface area contributed by atoms with Crippen molar-refractivity contribution in [2.75, 3.05) is 5.75 Å². The quantitative estimate of drug-likeness (QED) is 0.229. The molecule has 0 aliphatic carbocycles. The van der Waals surface area contributed by atoms with Crippen LogP contribution in [0.1, 0.15) is 96.8 Å². The van der Waals surface area contributed by atoms with Crippen molar-refractivity contribution in [2.45, 2.75) is 96.8 Å². The summed E-state index contributed by atoms with van der Waals surface area (Å²) in [5.41, 5.74) is 0. The number of hydrogen-bond donors (Lipinski definition) is 0. The van der Waals surface area contributed by atoms with Crippen LogP contribution in [0.4, 0.5) is 4.79 Å². The molecule has 3 heteroatoms. The molecule has 0 heterocycles. The summed E-state index contributed by atoms with van der Waals surface area (Å²) < 4.78 is -0.264. The van der Waals surface area contributed by atoms with Crippen LogP contribution in [0.2, 0.25) is 0 Å². The van der Waals surface area contributed by atoms with E-state index in [1.165, 1.54) is 95.2 Å². The van der Waals surface area contributed by atoms with Crippen LogP contribution in [0.5, 0.6) is 0 Å². The lowest BCUT2D eigenvalue weighted by Crippen LogP contribution is -1.85. The molecule has 0 N–H and O–H groups in total. The van der Waals surface area contributed by atoms with Gasteiger partial charge in [-0.05, 0) is 18.0 Å². The summed E-state index contributed by atoms with van der Waals surface area (Å²) in [7, 11) is 0. The van der Waals surface area contributed by atoms with Crippen molar-refractivity contribution in [2.24, 2.45) is 0 Å². The maximum Gasteiger partial charge on any atom is 0.279 e. The molecule has 0 saturated carbocycles. The van der Waals surface area contributed by atoms with Crippen LogP contribution in [0.25, 0.3) is 0 Å². The fourth-order valence-electron chi connectivity index (χ4n) is 2.45. The van der Waals surface area contributed by atoms with Gasteiger partial charge in [-0.25, -0.2) is 0 Å². The molecule has 0 aromatic carbocycles. The first kappa shape index (κ1) is 20.3. The lowest BCUT2D eigenvalue weighted by Gasteiger charge is -2.03. The first-order valence-corrected chi connectivity index (χ1v) is 9.96. The van der Waals surface area contributed by atoms with Crippen molar-refractivity contribution in [3.05, 3.63) is 0 Å². The minimum absolute atomic E-state index is 0.264. The molecule has 0 atom stereocenters. The van der Waals surface area contributed by atoms with E-state index in [4.69, 9.17) is 11.6 Å². The third-order valence-electron chi connectivity index (χ3n) is 3.71. The van der Waals surface area contributed by atoms with Crippen LogP contribution < -0.4 is 0 Å². The summed E-state index contributed by atoms with van der Waals surface area (Å²) >= 11 is 6.50. The largest absolute Gasteiger partial charge is 0.279 e. The smallest absolute Gasteiger partial charge is 0.268 e. The molecule has 0 aromatic rings. The van der Waals surface area contributed by atoms with Crippen LogP contribution in [0, 0.1) is 0 Å². The molecule has 20 heavy (non-hydrogen) atoms. The first-order chi connectivity index (χ1) is 9.77. The van der Waals surface area contributed by atoms with E-state index in [1.807, 2.05) is 0 Å². The summed E-state index contributed by atoms with van der Waals surface area (Å²) in [6, 6.07) is 0. The van der Waals surface area contributed by atoms with Gasteiger partial charge in [0.2, 0.25) is 0 Å². The van der Waals surface area contributed by atoms with Crippen LogP contribution in [-0.4, -0.2) is 10.3 Å². The second kappa shape index (κ2) is 17.4. The minimum atomic E-state index is -0.264. The van der Waals surface area contributed by atoms with Gasteiger partial charge in [0.25, 0.3) is 4.57 Å². The highest BCUT2D eigenvalue weighted by Gasteiger charge is 1.97. The van der Waals surface area contributed by atoms with Gasteiger partial charge >= 0.3 is 0 Å². The molecular weight excluding hydrogens is 288 g/mol. The van der Waals surface area contributed by atoms with E-state index in [0.717, 1.165) is 12.2 Å². The Morgan fingerprint density at radius 1 is 0.700 bits per heavy atom. The fraction of sp³-hybridized carbons (Fsp3) is 0.941. The summed E-state index contributed by atoms with van der Waals surface area (Å²) in [5.74, 6) is 0.889. The summed E-state index contributed by atoms with van der Waals surface area (Å²) in [6.45, 7) is 2.27. The van der Waals surface area contributed by atoms with E-state index in [9.17, 15) is 4.79 Å². The molecule has 0 spiro atoms. The number of halogens is 1. The summed E-state index contributed by atoms with van der Waals surface area (Å²) in [6.07, 6.45) is 19.2. The molecule has 120 valence electrons. The Bertz CT molecular complexity index is 209. The maximum atomic E-state index is 10.5. The van der Waals surface area contributed by atoms with E-state index < -0.39 is 0 Å². The van der Waals surface area contributed by atoms with E-state index in [1.54, 1.807) is 0 Å². The number of carbonyl (C=O) groups excluding carboxylic acids is 1. The SMILES string of the molecule is CCCCCCCCCCCCCCCCSC(=O)Cl. The minimum Gasteiger partial charge on any atom is -0.268 e. The molecule has 0 unspecified atom stereocenters. The predicted molar refractivity (Wildman–Crippen MR) is 94.0 cm³/mol. The van der Waals surface area contributed by atoms with E-state index in [0.29, 0.717) is 0 Å². The average molecular weight is 321 g/mol. The molecular formula is C17H33ClOS. The highest BCUT2D eigenvalue weighted by Crippen LogP contribution is 2.14. The van der Waals surface area contributed by atoms with E-state index in [-0.39, 0.29) is 4.57 Å². The van der Waals surface area contributed by atoms with Gasteiger partial charge in [-0.15, -0.1) is 0 Å². The molecule has 0 amide bonds. The second-order valence-electron chi connectivity index (χ2n) is 5.68. The second-order valence-corrected chi connectivity index (χ2v) is 7.32. The zero-order valence-electron chi connectivity index (χ0n) is 13.3. The lowest BCUT2D eigenvalue weighted by molar-refractivity contribution is 0.276. The third-order valence-corrected chi connectivity index (χ3v) is 4.76. The first-order valence-electron chi connectivity index (χ1n) is 8.59. The Labute approximate surface area is 135 Å².